The Hall–Kier alpha value is -2.04. The van der Waals surface area contributed by atoms with Crippen molar-refractivity contribution < 1.29 is 8.78 Å². The van der Waals surface area contributed by atoms with Crippen molar-refractivity contribution in [1.29, 1.82) is 0 Å². The number of halogens is 2. The molecule has 0 fully saturated rings. The van der Waals surface area contributed by atoms with Crippen LogP contribution in [0.15, 0.2) is 24.4 Å². The largest absolute Gasteiger partial charge is 0.354 e. The molecule has 1 aromatic carbocycles. The van der Waals surface area contributed by atoms with Crippen LogP contribution < -0.4 is 5.32 Å². The fourth-order valence-electron chi connectivity index (χ4n) is 1.70. The van der Waals surface area contributed by atoms with Crippen molar-refractivity contribution in [3.8, 4) is 11.3 Å². The van der Waals surface area contributed by atoms with E-state index in [1.54, 1.807) is 12.1 Å². The second kappa shape index (κ2) is 5.73. The Kier molecular flexibility index (Phi) is 4.04. The Morgan fingerprint density at radius 2 is 2.00 bits per heavy atom. The van der Waals surface area contributed by atoms with Gasteiger partial charge >= 0.3 is 0 Å². The van der Waals surface area contributed by atoms with Crippen LogP contribution in [0.25, 0.3) is 11.3 Å². The van der Waals surface area contributed by atoms with Gasteiger partial charge < -0.3 is 5.32 Å². The van der Waals surface area contributed by atoms with Crippen molar-refractivity contribution in [2.45, 2.75) is 20.3 Å². The molecule has 1 N–H and O–H groups in total. The van der Waals surface area contributed by atoms with E-state index in [-0.39, 0.29) is 11.3 Å². The summed E-state index contributed by atoms with van der Waals surface area (Å²) in [6.07, 6.45) is 1.96. The van der Waals surface area contributed by atoms with E-state index in [9.17, 15) is 8.78 Å². The van der Waals surface area contributed by atoms with E-state index < -0.39 is 11.6 Å². The highest BCUT2D eigenvalue weighted by atomic mass is 19.1. The fourth-order valence-corrected chi connectivity index (χ4v) is 1.70. The van der Waals surface area contributed by atoms with Gasteiger partial charge in [0.1, 0.15) is 11.5 Å². The van der Waals surface area contributed by atoms with Crippen molar-refractivity contribution in [2.24, 2.45) is 0 Å². The van der Waals surface area contributed by atoms with Gasteiger partial charge in [0.2, 0.25) is 5.95 Å². The number of hydrogen-bond acceptors (Lipinski definition) is 3. The van der Waals surface area contributed by atoms with Crippen LogP contribution >= 0.6 is 0 Å². The predicted octanol–water partition coefficient (Wildman–Crippen LogP) is 3.55. The van der Waals surface area contributed by atoms with E-state index in [1.807, 2.05) is 13.8 Å². The number of aryl methyl sites for hydroxylation is 1. The zero-order valence-electron chi connectivity index (χ0n) is 10.9. The fraction of sp³-hybridized carbons (Fsp3) is 0.286. The van der Waals surface area contributed by atoms with Crippen molar-refractivity contribution in [2.75, 3.05) is 11.9 Å². The van der Waals surface area contributed by atoms with Gasteiger partial charge in [0.25, 0.3) is 0 Å². The first-order valence-electron chi connectivity index (χ1n) is 6.14. The average Bonchev–Trinajstić information content (AvgIpc) is 2.41. The first-order chi connectivity index (χ1) is 9.11. The van der Waals surface area contributed by atoms with E-state index >= 15 is 0 Å². The second-order valence-electron chi connectivity index (χ2n) is 4.30. The Morgan fingerprint density at radius 3 is 2.74 bits per heavy atom. The summed E-state index contributed by atoms with van der Waals surface area (Å²) in [5, 5.41) is 2.95. The van der Waals surface area contributed by atoms with Crippen molar-refractivity contribution in [1.82, 2.24) is 9.97 Å². The standard InChI is InChI=1S/C14H15F2N3/c1-3-6-17-14-18-8-12(16)13(19-14)10-7-9(2)4-5-11(10)15/h4-5,7-8H,3,6H2,1-2H3,(H,17,18,19). The number of aromatic nitrogens is 2. The number of nitrogens with one attached hydrogen (secondary N) is 1. The summed E-state index contributed by atoms with van der Waals surface area (Å²) in [7, 11) is 0. The molecule has 0 spiro atoms. The van der Waals surface area contributed by atoms with Crippen LogP contribution in [0.3, 0.4) is 0 Å². The van der Waals surface area contributed by atoms with Gasteiger partial charge in [-0.2, -0.15) is 0 Å². The normalized spacial score (nSPS) is 10.5. The minimum atomic E-state index is -0.633. The molecule has 0 amide bonds. The molecule has 1 heterocycles. The van der Waals surface area contributed by atoms with E-state index in [4.69, 9.17) is 0 Å². The molecule has 5 heteroatoms. The summed E-state index contributed by atoms with van der Waals surface area (Å²) in [6.45, 7) is 4.50. The maximum absolute atomic E-state index is 13.8. The molecule has 1 aromatic heterocycles. The molecule has 2 rings (SSSR count). The van der Waals surface area contributed by atoms with Gasteiger partial charge in [-0.1, -0.05) is 18.6 Å². The predicted molar refractivity (Wildman–Crippen MR) is 70.9 cm³/mol. The number of rotatable bonds is 4. The lowest BCUT2D eigenvalue weighted by atomic mass is 10.1. The van der Waals surface area contributed by atoms with Gasteiger partial charge in [-0.15, -0.1) is 0 Å². The van der Waals surface area contributed by atoms with Gasteiger partial charge in [-0.25, -0.2) is 18.7 Å². The lowest BCUT2D eigenvalue weighted by molar-refractivity contribution is 0.606. The highest BCUT2D eigenvalue weighted by Gasteiger charge is 2.13. The summed E-state index contributed by atoms with van der Waals surface area (Å²) >= 11 is 0. The summed E-state index contributed by atoms with van der Waals surface area (Å²) in [4.78, 5) is 7.88. The van der Waals surface area contributed by atoms with Crippen molar-refractivity contribution >= 4 is 5.95 Å². The summed E-state index contributed by atoms with van der Waals surface area (Å²) < 4.78 is 27.5. The molecular weight excluding hydrogens is 248 g/mol. The highest BCUT2D eigenvalue weighted by molar-refractivity contribution is 5.62. The molecular formula is C14H15F2N3. The minimum Gasteiger partial charge on any atom is -0.354 e. The van der Waals surface area contributed by atoms with E-state index in [0.717, 1.165) is 18.2 Å². The quantitative estimate of drug-likeness (QED) is 0.916. The average molecular weight is 263 g/mol. The van der Waals surface area contributed by atoms with Crippen molar-refractivity contribution in [3.63, 3.8) is 0 Å². The third-order valence-electron chi connectivity index (χ3n) is 2.65. The van der Waals surface area contributed by atoms with Gasteiger partial charge in [-0.3, -0.25) is 0 Å². The van der Waals surface area contributed by atoms with E-state index in [0.29, 0.717) is 12.5 Å². The smallest absolute Gasteiger partial charge is 0.223 e. The van der Waals surface area contributed by atoms with Gasteiger partial charge in [0, 0.05) is 12.1 Å². The molecule has 100 valence electrons. The minimum absolute atomic E-state index is 0.0187. The first kappa shape index (κ1) is 13.4. The maximum Gasteiger partial charge on any atom is 0.223 e. The van der Waals surface area contributed by atoms with Crippen LogP contribution in [0.1, 0.15) is 18.9 Å². The molecule has 0 saturated carbocycles. The third kappa shape index (κ3) is 3.05. The molecule has 0 aliphatic carbocycles. The van der Waals surface area contributed by atoms with Crippen LogP contribution in [0.2, 0.25) is 0 Å². The Balaban J connectivity index is 2.45. The van der Waals surface area contributed by atoms with Crippen LogP contribution in [0, 0.1) is 18.6 Å². The molecule has 0 saturated heterocycles. The summed E-state index contributed by atoms with van der Waals surface area (Å²) in [5.41, 5.74) is 0.978. The SMILES string of the molecule is CCCNc1ncc(F)c(-c2cc(C)ccc2F)n1. The summed E-state index contributed by atoms with van der Waals surface area (Å²) in [6, 6.07) is 4.52. The number of anilines is 1. The molecule has 3 nitrogen and oxygen atoms in total. The molecule has 0 radical (unpaired) electrons. The third-order valence-corrected chi connectivity index (χ3v) is 2.65. The van der Waals surface area contributed by atoms with Crippen LogP contribution in [-0.4, -0.2) is 16.5 Å². The Labute approximate surface area is 110 Å². The number of nitrogens with zero attached hydrogens (tertiary/aromatic N) is 2. The molecule has 19 heavy (non-hydrogen) atoms. The van der Waals surface area contributed by atoms with Crippen LogP contribution in [0.4, 0.5) is 14.7 Å². The molecule has 0 bridgehead atoms. The molecule has 0 aliphatic heterocycles. The van der Waals surface area contributed by atoms with Crippen molar-refractivity contribution in [3.05, 3.63) is 41.6 Å². The second-order valence-corrected chi connectivity index (χ2v) is 4.30. The van der Waals surface area contributed by atoms with Crippen LogP contribution in [-0.2, 0) is 0 Å². The van der Waals surface area contributed by atoms with E-state index in [1.165, 1.54) is 6.07 Å². The molecule has 0 aliphatic rings. The van der Waals surface area contributed by atoms with Gasteiger partial charge in [0.15, 0.2) is 5.82 Å². The summed E-state index contributed by atoms with van der Waals surface area (Å²) in [5.74, 6) is -0.824. The first-order valence-corrected chi connectivity index (χ1v) is 6.14. The van der Waals surface area contributed by atoms with Gasteiger partial charge in [-0.05, 0) is 25.5 Å². The van der Waals surface area contributed by atoms with E-state index in [2.05, 4.69) is 15.3 Å². The number of hydrogen-bond donors (Lipinski definition) is 1. The Bertz CT molecular complexity index is 585. The van der Waals surface area contributed by atoms with Gasteiger partial charge in [0.05, 0.1) is 6.20 Å². The topological polar surface area (TPSA) is 37.8 Å². The lowest BCUT2D eigenvalue weighted by Crippen LogP contribution is -2.06. The number of benzene rings is 1. The van der Waals surface area contributed by atoms with Crippen LogP contribution in [0.5, 0.6) is 0 Å². The zero-order chi connectivity index (χ0) is 13.8. The molecule has 0 unspecified atom stereocenters. The maximum atomic E-state index is 13.8. The molecule has 2 aromatic rings. The molecule has 0 atom stereocenters. The lowest BCUT2D eigenvalue weighted by Gasteiger charge is -2.08. The Morgan fingerprint density at radius 1 is 1.21 bits per heavy atom. The highest BCUT2D eigenvalue weighted by Crippen LogP contribution is 2.25. The zero-order valence-corrected chi connectivity index (χ0v) is 10.9. The monoisotopic (exact) mass is 263 g/mol.